The van der Waals surface area contributed by atoms with Gasteiger partial charge in [0.15, 0.2) is 0 Å². The lowest BCUT2D eigenvalue weighted by atomic mass is 9.98. The van der Waals surface area contributed by atoms with Gasteiger partial charge >= 0.3 is 0 Å². The lowest BCUT2D eigenvalue weighted by Crippen LogP contribution is -2.30. The van der Waals surface area contributed by atoms with E-state index >= 15 is 0 Å². The van der Waals surface area contributed by atoms with Crippen LogP contribution in [0, 0.1) is 6.42 Å². The monoisotopic (exact) mass is 255 g/mol. The number of aliphatic hydroxyl groups excluding tert-OH is 1. The molecule has 53 valence electrons. The summed E-state index contributed by atoms with van der Waals surface area (Å²) in [5.41, 5.74) is 0. The highest BCUT2D eigenvalue weighted by Gasteiger charge is 2.25. The van der Waals surface area contributed by atoms with Crippen molar-refractivity contribution < 1.29 is 5.11 Å². The lowest BCUT2D eigenvalue weighted by molar-refractivity contribution is 0.158. The van der Waals surface area contributed by atoms with Gasteiger partial charge in [0.05, 0.1) is 6.10 Å². The first-order valence-electron chi connectivity index (χ1n) is 2.99. The fourth-order valence-corrected chi connectivity index (χ4v) is 1.95. The van der Waals surface area contributed by atoms with Crippen LogP contribution in [-0.4, -0.2) is 20.9 Å². The van der Waals surface area contributed by atoms with E-state index in [1.54, 1.807) is 0 Å². The molecular weight excluding hydrogens is 248 g/mol. The zero-order valence-corrected chi connectivity index (χ0v) is 8.10. The van der Waals surface area contributed by atoms with Gasteiger partial charge in [-0.15, -0.1) is 0 Å². The van der Waals surface area contributed by atoms with Gasteiger partial charge in [-0.1, -0.05) is 31.9 Å². The molecule has 0 spiro atoms. The van der Waals surface area contributed by atoms with E-state index in [1.165, 1.54) is 0 Å². The van der Waals surface area contributed by atoms with Gasteiger partial charge in [-0.2, -0.15) is 0 Å². The van der Waals surface area contributed by atoms with E-state index in [-0.39, 0.29) is 10.9 Å². The predicted octanol–water partition coefficient (Wildman–Crippen LogP) is 1.87. The Morgan fingerprint density at radius 1 is 1.44 bits per heavy atom. The molecule has 1 aliphatic carbocycles. The Labute approximate surface area is 72.1 Å². The fraction of sp³-hybridized carbons (Fsp3) is 0.833. The summed E-state index contributed by atoms with van der Waals surface area (Å²) in [6.45, 7) is 0. The first-order valence-corrected chi connectivity index (χ1v) is 4.83. The van der Waals surface area contributed by atoms with Crippen molar-refractivity contribution in [2.75, 3.05) is 0 Å². The second kappa shape index (κ2) is 3.35. The van der Waals surface area contributed by atoms with Crippen molar-refractivity contribution in [2.45, 2.75) is 28.6 Å². The molecule has 0 amide bonds. The summed E-state index contributed by atoms with van der Waals surface area (Å²) in [5.74, 6) is 0. The van der Waals surface area contributed by atoms with Crippen molar-refractivity contribution in [3.63, 3.8) is 0 Å². The zero-order chi connectivity index (χ0) is 6.85. The average molecular weight is 257 g/mol. The topological polar surface area (TPSA) is 20.2 Å². The highest BCUT2D eigenvalue weighted by molar-refractivity contribution is 9.10. The van der Waals surface area contributed by atoms with E-state index in [4.69, 9.17) is 0 Å². The lowest BCUT2D eigenvalue weighted by Gasteiger charge is -2.25. The second-order valence-electron chi connectivity index (χ2n) is 2.32. The van der Waals surface area contributed by atoms with Crippen LogP contribution in [0.2, 0.25) is 0 Å². The number of hydrogen-bond acceptors (Lipinski definition) is 1. The van der Waals surface area contributed by atoms with Crippen LogP contribution in [0.5, 0.6) is 0 Å². The molecule has 0 heterocycles. The van der Waals surface area contributed by atoms with Crippen LogP contribution in [0.15, 0.2) is 0 Å². The maximum Gasteiger partial charge on any atom is 0.0678 e. The summed E-state index contributed by atoms with van der Waals surface area (Å²) in [6, 6.07) is 0. The SMILES string of the molecule is OC1CC(Br)C[CH]C1Br. The van der Waals surface area contributed by atoms with Crippen LogP contribution in [0.3, 0.4) is 0 Å². The van der Waals surface area contributed by atoms with E-state index < -0.39 is 0 Å². The molecule has 1 rings (SSSR count). The van der Waals surface area contributed by atoms with Gasteiger partial charge < -0.3 is 5.11 Å². The maximum absolute atomic E-state index is 9.24. The molecule has 0 aromatic heterocycles. The summed E-state index contributed by atoms with van der Waals surface area (Å²) < 4.78 is 0. The minimum absolute atomic E-state index is 0.200. The van der Waals surface area contributed by atoms with Gasteiger partial charge in [0, 0.05) is 9.65 Å². The largest absolute Gasteiger partial charge is 0.392 e. The van der Waals surface area contributed by atoms with E-state index in [0.717, 1.165) is 12.8 Å². The predicted molar refractivity (Wildman–Crippen MR) is 45.0 cm³/mol. The van der Waals surface area contributed by atoms with E-state index in [0.29, 0.717) is 4.83 Å². The molecule has 1 N–H and O–H groups in total. The molecule has 0 aromatic rings. The Morgan fingerprint density at radius 3 is 2.56 bits per heavy atom. The van der Waals surface area contributed by atoms with Gasteiger partial charge in [0.25, 0.3) is 0 Å². The number of hydrogen-bond donors (Lipinski definition) is 1. The van der Waals surface area contributed by atoms with Crippen molar-refractivity contribution in [3.8, 4) is 0 Å². The van der Waals surface area contributed by atoms with E-state index in [9.17, 15) is 5.11 Å². The van der Waals surface area contributed by atoms with Crippen LogP contribution in [-0.2, 0) is 0 Å². The van der Waals surface area contributed by atoms with E-state index in [1.807, 2.05) is 0 Å². The molecule has 0 aromatic carbocycles. The Kier molecular flexibility index (Phi) is 2.99. The summed E-state index contributed by atoms with van der Waals surface area (Å²) in [6.07, 6.45) is 3.79. The summed E-state index contributed by atoms with van der Waals surface area (Å²) >= 11 is 6.80. The molecule has 0 saturated heterocycles. The molecule has 1 nitrogen and oxygen atoms in total. The molecule has 1 saturated carbocycles. The molecule has 1 aliphatic rings. The molecule has 1 fully saturated rings. The molecule has 9 heavy (non-hydrogen) atoms. The van der Waals surface area contributed by atoms with Gasteiger partial charge in [0.1, 0.15) is 0 Å². The van der Waals surface area contributed by atoms with Gasteiger partial charge in [-0.25, -0.2) is 0 Å². The van der Waals surface area contributed by atoms with Crippen molar-refractivity contribution in [1.82, 2.24) is 0 Å². The van der Waals surface area contributed by atoms with E-state index in [2.05, 4.69) is 38.3 Å². The summed E-state index contributed by atoms with van der Waals surface area (Å²) in [4.78, 5) is 0.674. The summed E-state index contributed by atoms with van der Waals surface area (Å²) in [7, 11) is 0. The maximum atomic E-state index is 9.24. The standard InChI is InChI=1S/C6H9Br2O/c7-4-1-2-5(8)6(9)3-4/h2,4-6,9H,1,3H2. The third-order valence-corrected chi connectivity index (χ3v) is 3.21. The highest BCUT2D eigenvalue weighted by atomic mass is 79.9. The number of rotatable bonds is 0. The third kappa shape index (κ3) is 2.20. The molecule has 3 unspecified atom stereocenters. The van der Waals surface area contributed by atoms with Gasteiger partial charge in [-0.3, -0.25) is 0 Å². The smallest absolute Gasteiger partial charge is 0.0678 e. The molecular formula is C6H9Br2O. The quantitative estimate of drug-likeness (QED) is 0.657. The first kappa shape index (κ1) is 8.02. The first-order chi connectivity index (χ1) is 4.20. The Hall–Kier alpha value is 0.920. The fourth-order valence-electron chi connectivity index (χ4n) is 0.923. The minimum atomic E-state index is -0.205. The van der Waals surface area contributed by atoms with Crippen LogP contribution in [0.25, 0.3) is 0 Å². The summed E-state index contributed by atoms with van der Waals surface area (Å²) in [5, 5.41) is 9.24. The zero-order valence-electron chi connectivity index (χ0n) is 4.93. The van der Waals surface area contributed by atoms with Gasteiger partial charge in [-0.05, 0) is 19.3 Å². The Balaban J connectivity index is 2.35. The molecule has 1 radical (unpaired) electrons. The molecule has 3 heteroatoms. The Bertz CT molecular complexity index is 97.1. The normalized spacial score (nSPS) is 45.0. The van der Waals surface area contributed by atoms with Gasteiger partial charge in [0.2, 0.25) is 0 Å². The molecule has 0 bridgehead atoms. The van der Waals surface area contributed by atoms with Crippen molar-refractivity contribution >= 4 is 31.9 Å². The number of halogens is 2. The van der Waals surface area contributed by atoms with Crippen LogP contribution >= 0.6 is 31.9 Å². The van der Waals surface area contributed by atoms with Crippen LogP contribution in [0.4, 0.5) is 0 Å². The second-order valence-corrected chi connectivity index (χ2v) is 4.67. The molecule has 0 aliphatic heterocycles. The Morgan fingerprint density at radius 2 is 2.11 bits per heavy atom. The third-order valence-electron chi connectivity index (χ3n) is 1.48. The van der Waals surface area contributed by atoms with Crippen molar-refractivity contribution in [3.05, 3.63) is 6.42 Å². The average Bonchev–Trinajstić information content (AvgIpc) is 1.80. The van der Waals surface area contributed by atoms with Crippen LogP contribution < -0.4 is 0 Å². The minimum Gasteiger partial charge on any atom is -0.392 e. The number of alkyl halides is 2. The van der Waals surface area contributed by atoms with Crippen LogP contribution in [0.1, 0.15) is 12.8 Å². The van der Waals surface area contributed by atoms with Crippen molar-refractivity contribution in [2.24, 2.45) is 0 Å². The molecule has 3 atom stereocenters. The number of aliphatic hydroxyl groups is 1. The highest BCUT2D eigenvalue weighted by Crippen LogP contribution is 2.27. The van der Waals surface area contributed by atoms with Crippen molar-refractivity contribution in [1.29, 1.82) is 0 Å².